The molecule has 9 heteroatoms. The first-order valence-electron chi connectivity index (χ1n) is 8.23. The van der Waals surface area contributed by atoms with E-state index in [1.807, 2.05) is 0 Å². The van der Waals surface area contributed by atoms with E-state index in [4.69, 9.17) is 16.0 Å². The number of carbonyl (C=O) groups is 2. The van der Waals surface area contributed by atoms with Crippen LogP contribution in [0.15, 0.2) is 46.2 Å². The van der Waals surface area contributed by atoms with Gasteiger partial charge in [0.25, 0.3) is 5.89 Å². The van der Waals surface area contributed by atoms with Crippen molar-refractivity contribution >= 4 is 45.8 Å². The third-order valence-corrected chi connectivity index (χ3v) is 5.54. The SMILES string of the molecule is O=C(Cc1scc(-c2ccc(Cl)c(F)c2F)c1C(=O)O)c1nc2ccccc2o1. The first-order valence-corrected chi connectivity index (χ1v) is 9.49. The average Bonchev–Trinajstić information content (AvgIpc) is 3.30. The van der Waals surface area contributed by atoms with Crippen molar-refractivity contribution in [3.63, 3.8) is 0 Å². The molecule has 0 radical (unpaired) electrons. The van der Waals surface area contributed by atoms with Gasteiger partial charge >= 0.3 is 5.97 Å². The molecule has 0 aliphatic carbocycles. The molecule has 0 amide bonds. The number of fused-ring (bicyclic) bond motifs is 1. The number of aromatic nitrogens is 1. The molecule has 0 unspecified atom stereocenters. The van der Waals surface area contributed by atoms with Crippen molar-refractivity contribution in [2.24, 2.45) is 0 Å². The zero-order valence-corrected chi connectivity index (χ0v) is 16.0. The van der Waals surface area contributed by atoms with Gasteiger partial charge in [-0.3, -0.25) is 4.79 Å². The Morgan fingerprint density at radius 3 is 2.59 bits per heavy atom. The first-order chi connectivity index (χ1) is 13.9. The molecule has 2 aromatic heterocycles. The third kappa shape index (κ3) is 3.41. The van der Waals surface area contributed by atoms with E-state index in [-0.39, 0.29) is 33.9 Å². The fraction of sp³-hybridized carbons (Fsp3) is 0.0500. The van der Waals surface area contributed by atoms with Crippen molar-refractivity contribution in [1.29, 1.82) is 0 Å². The minimum atomic E-state index is -1.36. The highest BCUT2D eigenvalue weighted by Crippen LogP contribution is 2.36. The third-order valence-electron chi connectivity index (χ3n) is 4.26. The van der Waals surface area contributed by atoms with Gasteiger partial charge in [0.15, 0.2) is 17.2 Å². The largest absolute Gasteiger partial charge is 0.478 e. The van der Waals surface area contributed by atoms with Gasteiger partial charge < -0.3 is 9.52 Å². The zero-order valence-electron chi connectivity index (χ0n) is 14.4. The minimum absolute atomic E-state index is 0.0315. The first kappa shape index (κ1) is 19.2. The Kier molecular flexibility index (Phi) is 4.89. The van der Waals surface area contributed by atoms with Crippen LogP contribution in [0.5, 0.6) is 0 Å². The highest BCUT2D eigenvalue weighted by atomic mass is 35.5. The smallest absolute Gasteiger partial charge is 0.337 e. The Morgan fingerprint density at radius 2 is 1.86 bits per heavy atom. The van der Waals surface area contributed by atoms with E-state index in [9.17, 15) is 23.5 Å². The Bertz CT molecular complexity index is 1250. The van der Waals surface area contributed by atoms with Crippen LogP contribution in [-0.2, 0) is 6.42 Å². The number of thiophene rings is 1. The number of nitrogens with zero attached hydrogens (tertiary/aromatic N) is 1. The predicted octanol–water partition coefficient (Wildman–Crippen LogP) is 5.61. The van der Waals surface area contributed by atoms with Crippen molar-refractivity contribution < 1.29 is 27.9 Å². The summed E-state index contributed by atoms with van der Waals surface area (Å²) in [5.41, 5.74) is 0.372. The van der Waals surface area contributed by atoms with Gasteiger partial charge in [-0.05, 0) is 29.6 Å². The summed E-state index contributed by atoms with van der Waals surface area (Å²) >= 11 is 6.52. The number of Topliss-reactive ketones (excluding diaryl/α,β-unsaturated/α-hetero) is 1. The Hall–Kier alpha value is -3.10. The molecule has 0 bridgehead atoms. The summed E-state index contributed by atoms with van der Waals surface area (Å²) in [6.07, 6.45) is -0.309. The average molecular weight is 434 g/mol. The van der Waals surface area contributed by atoms with Gasteiger partial charge in [-0.1, -0.05) is 23.7 Å². The van der Waals surface area contributed by atoms with Crippen LogP contribution < -0.4 is 0 Å². The summed E-state index contributed by atoms with van der Waals surface area (Å²) in [4.78, 5) is 28.7. The van der Waals surface area contributed by atoms with E-state index >= 15 is 0 Å². The van der Waals surface area contributed by atoms with E-state index in [0.29, 0.717) is 11.1 Å². The van der Waals surface area contributed by atoms with Gasteiger partial charge in [0.2, 0.25) is 5.78 Å². The lowest BCUT2D eigenvalue weighted by atomic mass is 10.0. The number of para-hydroxylation sites is 2. The van der Waals surface area contributed by atoms with Gasteiger partial charge in [0, 0.05) is 16.0 Å². The summed E-state index contributed by atoms with van der Waals surface area (Å²) in [5, 5.41) is 10.6. The molecule has 0 aliphatic heterocycles. The van der Waals surface area contributed by atoms with Crippen LogP contribution in [0.1, 0.15) is 25.9 Å². The number of ketones is 1. The molecule has 4 rings (SSSR count). The molecular formula is C20H10ClF2NO4S. The minimum Gasteiger partial charge on any atom is -0.478 e. The van der Waals surface area contributed by atoms with E-state index in [1.165, 1.54) is 11.4 Å². The van der Waals surface area contributed by atoms with Crippen LogP contribution in [-0.4, -0.2) is 21.8 Å². The van der Waals surface area contributed by atoms with Crippen LogP contribution in [0.4, 0.5) is 8.78 Å². The molecule has 5 nitrogen and oxygen atoms in total. The Morgan fingerprint density at radius 1 is 1.10 bits per heavy atom. The monoisotopic (exact) mass is 433 g/mol. The van der Waals surface area contributed by atoms with E-state index in [2.05, 4.69) is 4.98 Å². The number of carboxylic acids is 1. The molecule has 1 N–H and O–H groups in total. The molecule has 146 valence electrons. The van der Waals surface area contributed by atoms with Gasteiger partial charge in [0.1, 0.15) is 5.52 Å². The summed E-state index contributed by atoms with van der Waals surface area (Å²) in [7, 11) is 0. The van der Waals surface area contributed by atoms with Crippen molar-refractivity contribution in [1.82, 2.24) is 4.98 Å². The molecule has 4 aromatic rings. The molecule has 0 saturated heterocycles. The molecule has 0 atom stereocenters. The standard InChI is InChI=1S/C20H10ClF2NO4S/c21-11-6-5-9(17(22)18(11)23)10-8-29-15(16(10)20(26)27)7-13(25)19-24-12-3-1-2-4-14(12)28-19/h1-6,8H,7H2,(H,26,27). The Labute approximate surface area is 171 Å². The fourth-order valence-corrected chi connectivity index (χ4v) is 4.09. The number of oxazole rings is 1. The fourth-order valence-electron chi connectivity index (χ4n) is 2.91. The normalized spacial score (nSPS) is 11.1. The molecule has 29 heavy (non-hydrogen) atoms. The predicted molar refractivity (Wildman–Crippen MR) is 104 cm³/mol. The maximum Gasteiger partial charge on any atom is 0.337 e. The summed E-state index contributed by atoms with van der Waals surface area (Å²) < 4.78 is 33.5. The number of hydrogen-bond acceptors (Lipinski definition) is 5. The zero-order chi connectivity index (χ0) is 20.7. The summed E-state index contributed by atoms with van der Waals surface area (Å²) in [6.45, 7) is 0. The number of carbonyl (C=O) groups excluding carboxylic acids is 1. The number of carboxylic acid groups (broad SMARTS) is 1. The summed E-state index contributed by atoms with van der Waals surface area (Å²) in [5.74, 6) is -4.57. The van der Waals surface area contributed by atoms with Crippen LogP contribution in [0, 0.1) is 11.6 Å². The highest BCUT2D eigenvalue weighted by molar-refractivity contribution is 7.11. The van der Waals surface area contributed by atoms with Crippen molar-refractivity contribution in [3.05, 3.63) is 74.8 Å². The van der Waals surface area contributed by atoms with Crippen molar-refractivity contribution in [2.45, 2.75) is 6.42 Å². The van der Waals surface area contributed by atoms with Gasteiger partial charge in [0.05, 0.1) is 17.0 Å². The molecule has 2 aromatic carbocycles. The number of benzene rings is 2. The number of hydrogen-bond donors (Lipinski definition) is 1. The molecule has 0 aliphatic rings. The van der Waals surface area contributed by atoms with Crippen LogP contribution in [0.25, 0.3) is 22.2 Å². The molecule has 0 saturated carbocycles. The van der Waals surface area contributed by atoms with Crippen LogP contribution >= 0.6 is 22.9 Å². The second-order valence-corrected chi connectivity index (χ2v) is 7.43. The van der Waals surface area contributed by atoms with Crippen molar-refractivity contribution in [3.8, 4) is 11.1 Å². The lowest BCUT2D eigenvalue weighted by molar-refractivity contribution is 0.0697. The Balaban J connectivity index is 1.73. The van der Waals surface area contributed by atoms with Crippen molar-refractivity contribution in [2.75, 3.05) is 0 Å². The van der Waals surface area contributed by atoms with Crippen LogP contribution in [0.3, 0.4) is 0 Å². The lowest BCUT2D eigenvalue weighted by Gasteiger charge is -2.06. The quantitative estimate of drug-likeness (QED) is 0.327. The summed E-state index contributed by atoms with van der Waals surface area (Å²) in [6, 6.07) is 9.15. The van der Waals surface area contributed by atoms with Gasteiger partial charge in [-0.25, -0.2) is 18.6 Å². The van der Waals surface area contributed by atoms with Crippen LogP contribution in [0.2, 0.25) is 5.02 Å². The van der Waals surface area contributed by atoms with Gasteiger partial charge in [-0.2, -0.15) is 0 Å². The molecule has 2 heterocycles. The maximum atomic E-state index is 14.3. The highest BCUT2D eigenvalue weighted by Gasteiger charge is 2.26. The number of halogens is 3. The second kappa shape index (κ2) is 7.38. The second-order valence-electron chi connectivity index (χ2n) is 6.06. The number of aromatic carboxylic acids is 1. The topological polar surface area (TPSA) is 80.4 Å². The van der Waals surface area contributed by atoms with E-state index < -0.39 is 28.4 Å². The molecule has 0 spiro atoms. The van der Waals surface area contributed by atoms with E-state index in [0.717, 1.165) is 17.4 Å². The van der Waals surface area contributed by atoms with E-state index in [1.54, 1.807) is 24.3 Å². The maximum absolute atomic E-state index is 14.3. The lowest BCUT2D eigenvalue weighted by Crippen LogP contribution is -2.08. The molecule has 0 fully saturated rings. The van der Waals surface area contributed by atoms with Gasteiger partial charge in [-0.15, -0.1) is 11.3 Å². The molecular weight excluding hydrogens is 424 g/mol. The number of rotatable bonds is 5.